The van der Waals surface area contributed by atoms with Crippen LogP contribution < -0.4 is 11.5 Å². The summed E-state index contributed by atoms with van der Waals surface area (Å²) in [5.41, 5.74) is 13.5. The van der Waals surface area contributed by atoms with E-state index < -0.39 is 0 Å². The molecule has 4 N–H and O–H groups in total. The topological polar surface area (TPSA) is 64.9 Å². The van der Waals surface area contributed by atoms with Crippen LogP contribution >= 0.6 is 12.2 Å². The molecule has 2 aromatic rings. The van der Waals surface area contributed by atoms with E-state index in [4.69, 9.17) is 23.7 Å². The average Bonchev–Trinajstić information content (AvgIpc) is 2.32. The van der Waals surface area contributed by atoms with Gasteiger partial charge in [0.15, 0.2) is 0 Å². The highest BCUT2D eigenvalue weighted by molar-refractivity contribution is 7.80. The summed E-state index contributed by atoms with van der Waals surface area (Å²) in [6, 6.07) is 8.14. The number of thiocarbonyl (C=S) groups is 1. The predicted octanol–water partition coefficient (Wildman–Crippen LogP) is 2.41. The number of benzene rings is 1. The Morgan fingerprint density at radius 1 is 1.33 bits per heavy atom. The van der Waals surface area contributed by atoms with E-state index in [1.807, 2.05) is 6.92 Å². The number of nitrogens with zero attached hydrogens (tertiary/aromatic N) is 1. The van der Waals surface area contributed by atoms with Gasteiger partial charge in [-0.3, -0.25) is 0 Å². The zero-order valence-electron chi connectivity index (χ0n) is 9.77. The lowest BCUT2D eigenvalue weighted by atomic mass is 10.0. The number of aromatic nitrogens is 1. The molecule has 0 atom stereocenters. The summed E-state index contributed by atoms with van der Waals surface area (Å²) in [6.45, 7) is 1.82. The predicted molar refractivity (Wildman–Crippen MR) is 74.7 cm³/mol. The Labute approximate surface area is 110 Å². The van der Waals surface area contributed by atoms with Crippen molar-refractivity contribution in [2.24, 2.45) is 5.73 Å². The summed E-state index contributed by atoms with van der Waals surface area (Å²) < 4.78 is 13.7. The van der Waals surface area contributed by atoms with Crippen LogP contribution in [-0.2, 0) is 0 Å². The summed E-state index contributed by atoms with van der Waals surface area (Å²) in [4.78, 5) is 4.38. The van der Waals surface area contributed by atoms with Gasteiger partial charge in [0.25, 0.3) is 0 Å². The molecule has 0 unspecified atom stereocenters. The fourth-order valence-corrected chi connectivity index (χ4v) is 1.91. The lowest BCUT2D eigenvalue weighted by molar-refractivity contribution is 0.630. The molecule has 0 aliphatic heterocycles. The zero-order valence-corrected chi connectivity index (χ0v) is 10.6. The van der Waals surface area contributed by atoms with Gasteiger partial charge in [0.1, 0.15) is 16.6 Å². The molecule has 92 valence electrons. The molecule has 1 aromatic carbocycles. The fraction of sp³-hybridized carbons (Fsp3) is 0.0769. The first-order valence-corrected chi connectivity index (χ1v) is 5.73. The first-order valence-electron chi connectivity index (χ1n) is 5.32. The summed E-state index contributed by atoms with van der Waals surface area (Å²) in [7, 11) is 0. The number of nitrogens with two attached hydrogens (primary N) is 2. The molecule has 18 heavy (non-hydrogen) atoms. The zero-order chi connectivity index (χ0) is 13.3. The molecular weight excluding hydrogens is 249 g/mol. The van der Waals surface area contributed by atoms with Crippen LogP contribution in [0.15, 0.2) is 30.3 Å². The monoisotopic (exact) mass is 261 g/mol. The van der Waals surface area contributed by atoms with E-state index in [-0.39, 0.29) is 16.6 Å². The summed E-state index contributed by atoms with van der Waals surface area (Å²) in [6.07, 6.45) is 0. The maximum absolute atomic E-state index is 13.7. The molecule has 0 aliphatic rings. The van der Waals surface area contributed by atoms with Crippen molar-refractivity contribution in [2.45, 2.75) is 6.92 Å². The van der Waals surface area contributed by atoms with Crippen LogP contribution in [0.1, 0.15) is 11.1 Å². The average molecular weight is 261 g/mol. The third kappa shape index (κ3) is 2.17. The van der Waals surface area contributed by atoms with Crippen LogP contribution in [0.25, 0.3) is 11.3 Å². The van der Waals surface area contributed by atoms with Gasteiger partial charge in [-0.1, -0.05) is 24.4 Å². The maximum Gasteiger partial charge on any atom is 0.134 e. The maximum atomic E-state index is 13.7. The molecule has 0 saturated heterocycles. The molecule has 1 aromatic heterocycles. The number of rotatable bonds is 2. The molecule has 5 heteroatoms. The Morgan fingerprint density at radius 3 is 2.61 bits per heavy atom. The van der Waals surface area contributed by atoms with Gasteiger partial charge in [-0.05, 0) is 30.7 Å². The van der Waals surface area contributed by atoms with E-state index >= 15 is 0 Å². The van der Waals surface area contributed by atoms with Crippen LogP contribution in [0.4, 0.5) is 10.2 Å². The van der Waals surface area contributed by atoms with Gasteiger partial charge in [-0.15, -0.1) is 0 Å². The van der Waals surface area contributed by atoms with Crippen LogP contribution in [-0.4, -0.2) is 9.97 Å². The molecule has 1 heterocycles. The SMILES string of the molecule is Cc1cc(C(N)=S)c(N)nc1-c1ccccc1F. The molecule has 0 fully saturated rings. The van der Waals surface area contributed by atoms with E-state index in [0.717, 1.165) is 5.56 Å². The van der Waals surface area contributed by atoms with E-state index in [9.17, 15) is 4.39 Å². The molecule has 2 rings (SSSR count). The first kappa shape index (κ1) is 12.4. The van der Waals surface area contributed by atoms with Crippen LogP contribution in [0.3, 0.4) is 0 Å². The molecule has 3 nitrogen and oxygen atoms in total. The summed E-state index contributed by atoms with van der Waals surface area (Å²) in [5.74, 6) is -0.123. The number of halogens is 1. The second-order valence-electron chi connectivity index (χ2n) is 3.93. The molecule has 0 bridgehead atoms. The molecular formula is C13H12FN3S. The smallest absolute Gasteiger partial charge is 0.134 e. The number of nitrogen functional groups attached to an aromatic ring is 1. The molecule has 0 amide bonds. The lowest BCUT2D eigenvalue weighted by Crippen LogP contribution is -2.14. The van der Waals surface area contributed by atoms with Crippen molar-refractivity contribution >= 4 is 23.0 Å². The van der Waals surface area contributed by atoms with Crippen LogP contribution in [0.2, 0.25) is 0 Å². The lowest BCUT2D eigenvalue weighted by Gasteiger charge is -2.10. The Hall–Kier alpha value is -2.01. The largest absolute Gasteiger partial charge is 0.389 e. The number of anilines is 1. The normalized spacial score (nSPS) is 10.3. The third-order valence-electron chi connectivity index (χ3n) is 2.64. The molecule has 0 saturated carbocycles. The van der Waals surface area contributed by atoms with Gasteiger partial charge < -0.3 is 11.5 Å². The van der Waals surface area contributed by atoms with E-state index in [0.29, 0.717) is 16.8 Å². The molecule has 0 aliphatic carbocycles. The Kier molecular flexibility index (Phi) is 3.25. The van der Waals surface area contributed by atoms with Crippen LogP contribution in [0, 0.1) is 12.7 Å². The van der Waals surface area contributed by atoms with Gasteiger partial charge in [-0.25, -0.2) is 9.37 Å². The number of hydrogen-bond acceptors (Lipinski definition) is 3. The molecule has 0 spiro atoms. The van der Waals surface area contributed by atoms with Crippen molar-refractivity contribution in [3.63, 3.8) is 0 Å². The number of hydrogen-bond donors (Lipinski definition) is 2. The van der Waals surface area contributed by atoms with Gasteiger partial charge in [-0.2, -0.15) is 0 Å². The minimum Gasteiger partial charge on any atom is -0.389 e. The van der Waals surface area contributed by atoms with E-state index in [1.165, 1.54) is 6.07 Å². The first-order chi connectivity index (χ1) is 8.50. The Bertz CT molecular complexity index is 626. The van der Waals surface area contributed by atoms with Gasteiger partial charge in [0.2, 0.25) is 0 Å². The number of pyridine rings is 1. The van der Waals surface area contributed by atoms with Crippen molar-refractivity contribution in [3.8, 4) is 11.3 Å². The highest BCUT2D eigenvalue weighted by Crippen LogP contribution is 2.26. The second kappa shape index (κ2) is 4.70. The highest BCUT2D eigenvalue weighted by atomic mass is 32.1. The Morgan fingerprint density at radius 2 is 2.00 bits per heavy atom. The Balaban J connectivity index is 2.64. The van der Waals surface area contributed by atoms with Crippen molar-refractivity contribution in [1.82, 2.24) is 4.98 Å². The van der Waals surface area contributed by atoms with Crippen molar-refractivity contribution in [3.05, 3.63) is 47.3 Å². The molecule has 0 radical (unpaired) electrons. The summed E-state index contributed by atoms with van der Waals surface area (Å²) in [5, 5.41) is 0. The second-order valence-corrected chi connectivity index (χ2v) is 4.37. The van der Waals surface area contributed by atoms with Gasteiger partial charge in [0, 0.05) is 5.56 Å². The number of aryl methyl sites for hydroxylation is 1. The quantitative estimate of drug-likeness (QED) is 0.815. The highest BCUT2D eigenvalue weighted by Gasteiger charge is 2.13. The minimum absolute atomic E-state index is 0.184. The standard InChI is InChI=1S/C13H12FN3S/c1-7-6-9(13(16)18)12(15)17-11(7)8-4-2-3-5-10(8)14/h2-6H,1H3,(H2,15,17)(H2,16,18). The van der Waals surface area contributed by atoms with E-state index in [2.05, 4.69) is 4.98 Å². The van der Waals surface area contributed by atoms with Gasteiger partial charge in [0.05, 0.1) is 11.3 Å². The van der Waals surface area contributed by atoms with Crippen molar-refractivity contribution in [2.75, 3.05) is 5.73 Å². The van der Waals surface area contributed by atoms with Crippen LogP contribution in [0.5, 0.6) is 0 Å². The van der Waals surface area contributed by atoms with Crippen molar-refractivity contribution < 1.29 is 4.39 Å². The summed E-state index contributed by atoms with van der Waals surface area (Å²) >= 11 is 4.88. The fourth-order valence-electron chi connectivity index (χ4n) is 1.75. The van der Waals surface area contributed by atoms with E-state index in [1.54, 1.807) is 24.3 Å². The van der Waals surface area contributed by atoms with Gasteiger partial charge >= 0.3 is 0 Å². The third-order valence-corrected chi connectivity index (χ3v) is 2.86. The minimum atomic E-state index is -0.337. The van der Waals surface area contributed by atoms with Crippen molar-refractivity contribution in [1.29, 1.82) is 0 Å².